The zero-order chi connectivity index (χ0) is 19.9. The minimum absolute atomic E-state index is 0.0663. The van der Waals surface area contributed by atoms with Crippen LogP contribution in [0.5, 0.6) is 0 Å². The maximum Gasteiger partial charge on any atom is 0.293 e. The molecular weight excluding hydrogens is 378 g/mol. The molecule has 0 spiro atoms. The molecule has 0 radical (unpaired) electrons. The number of nitro benzene ring substituents is 1. The van der Waals surface area contributed by atoms with E-state index in [4.69, 9.17) is 12.2 Å². The van der Waals surface area contributed by atoms with Crippen molar-refractivity contribution in [3.05, 3.63) is 64.2 Å². The van der Waals surface area contributed by atoms with Crippen molar-refractivity contribution >= 4 is 40.3 Å². The number of rotatable bonds is 5. The number of hydrazine groups is 1. The molecule has 146 valence electrons. The predicted molar refractivity (Wildman–Crippen MR) is 112 cm³/mol. The lowest BCUT2D eigenvalue weighted by Gasteiger charge is -2.28. The fraction of sp³-hybridized carbons (Fsp3) is 0.263. The van der Waals surface area contributed by atoms with Gasteiger partial charge >= 0.3 is 0 Å². The van der Waals surface area contributed by atoms with Crippen LogP contribution >= 0.6 is 12.2 Å². The molecule has 1 fully saturated rings. The lowest BCUT2D eigenvalue weighted by atomic mass is 10.1. The summed E-state index contributed by atoms with van der Waals surface area (Å²) in [6.45, 7) is 1.57. The highest BCUT2D eigenvalue weighted by Gasteiger charge is 2.23. The van der Waals surface area contributed by atoms with Crippen LogP contribution in [-0.4, -0.2) is 29.0 Å². The third-order valence-electron chi connectivity index (χ3n) is 4.45. The Morgan fingerprint density at radius 1 is 1.07 bits per heavy atom. The predicted octanol–water partition coefficient (Wildman–Crippen LogP) is 3.22. The van der Waals surface area contributed by atoms with Crippen molar-refractivity contribution in [3.8, 4) is 0 Å². The van der Waals surface area contributed by atoms with Crippen LogP contribution in [0.15, 0.2) is 48.5 Å². The molecule has 3 N–H and O–H groups in total. The smallest absolute Gasteiger partial charge is 0.293 e. The average molecular weight is 399 g/mol. The van der Waals surface area contributed by atoms with Gasteiger partial charge < -0.3 is 4.90 Å². The van der Waals surface area contributed by atoms with Crippen LogP contribution in [0, 0.1) is 10.1 Å². The summed E-state index contributed by atoms with van der Waals surface area (Å²) < 4.78 is 0. The number of carbonyl (C=O) groups excluding carboxylic acids is 1. The molecule has 0 aliphatic carbocycles. The number of hydrogen-bond acceptors (Lipinski definition) is 6. The third-order valence-corrected chi connectivity index (χ3v) is 4.66. The maximum absolute atomic E-state index is 12.4. The van der Waals surface area contributed by atoms with Crippen LogP contribution < -0.4 is 21.1 Å². The highest BCUT2D eigenvalue weighted by Crippen LogP contribution is 2.31. The number of piperidine rings is 1. The molecule has 0 atom stereocenters. The normalized spacial score (nSPS) is 13.5. The van der Waals surface area contributed by atoms with Crippen molar-refractivity contribution in [2.75, 3.05) is 23.4 Å². The number of nitrogens with one attached hydrogen (secondary N) is 3. The number of benzene rings is 2. The quantitative estimate of drug-likeness (QED) is 0.403. The van der Waals surface area contributed by atoms with Crippen molar-refractivity contribution in [2.45, 2.75) is 19.3 Å². The van der Waals surface area contributed by atoms with E-state index in [9.17, 15) is 14.9 Å². The molecule has 8 nitrogen and oxygen atoms in total. The van der Waals surface area contributed by atoms with Gasteiger partial charge in [-0.25, -0.2) is 0 Å². The molecule has 1 heterocycles. The van der Waals surface area contributed by atoms with E-state index in [0.29, 0.717) is 5.69 Å². The molecule has 3 rings (SSSR count). The molecule has 1 amide bonds. The first-order valence-corrected chi connectivity index (χ1v) is 9.41. The lowest BCUT2D eigenvalue weighted by molar-refractivity contribution is -0.384. The molecule has 0 aromatic heterocycles. The third kappa shape index (κ3) is 4.95. The Bertz CT molecular complexity index is 869. The Balaban J connectivity index is 1.66. The summed E-state index contributed by atoms with van der Waals surface area (Å²) in [6, 6.07) is 13.8. The van der Waals surface area contributed by atoms with Gasteiger partial charge in [0.25, 0.3) is 11.6 Å². The molecule has 9 heteroatoms. The monoisotopic (exact) mass is 399 g/mol. The van der Waals surface area contributed by atoms with Gasteiger partial charge in [0.05, 0.1) is 10.6 Å². The van der Waals surface area contributed by atoms with Crippen LogP contribution in [0.1, 0.15) is 29.6 Å². The van der Waals surface area contributed by atoms with E-state index in [1.165, 1.54) is 6.07 Å². The molecule has 1 aliphatic rings. The SMILES string of the molecule is O=C(NC(=S)NNc1ccccc1)c1ccc(N2CCCCC2)c([N+](=O)[O-])c1. The molecule has 0 unspecified atom stereocenters. The van der Waals surface area contributed by atoms with Crippen molar-refractivity contribution in [1.29, 1.82) is 0 Å². The van der Waals surface area contributed by atoms with E-state index in [0.717, 1.165) is 38.0 Å². The van der Waals surface area contributed by atoms with E-state index in [2.05, 4.69) is 16.2 Å². The van der Waals surface area contributed by atoms with Crippen molar-refractivity contribution < 1.29 is 9.72 Å². The largest absolute Gasteiger partial charge is 0.366 e. The summed E-state index contributed by atoms with van der Waals surface area (Å²) in [5, 5.41) is 14.1. The standard InChI is InChI=1S/C19H21N5O3S/c25-18(20-19(28)22-21-15-7-3-1-4-8-15)14-9-10-16(17(13-14)24(26)27)23-11-5-2-6-12-23/h1,3-4,7-10,13,21H,2,5-6,11-12H2,(H2,20,22,25,28). The van der Waals surface area contributed by atoms with E-state index < -0.39 is 10.8 Å². The second-order valence-corrected chi connectivity index (χ2v) is 6.82. The van der Waals surface area contributed by atoms with Gasteiger partial charge in [-0.1, -0.05) is 18.2 Å². The van der Waals surface area contributed by atoms with Crippen molar-refractivity contribution in [1.82, 2.24) is 10.7 Å². The fourth-order valence-electron chi connectivity index (χ4n) is 3.07. The average Bonchev–Trinajstić information content (AvgIpc) is 2.73. The van der Waals surface area contributed by atoms with Gasteiger partial charge in [0.2, 0.25) is 0 Å². The zero-order valence-electron chi connectivity index (χ0n) is 15.2. The molecule has 28 heavy (non-hydrogen) atoms. The second kappa shape index (κ2) is 9.14. The number of amides is 1. The Hall–Kier alpha value is -3.20. The molecule has 0 bridgehead atoms. The van der Waals surface area contributed by atoms with E-state index >= 15 is 0 Å². The van der Waals surface area contributed by atoms with E-state index in [1.807, 2.05) is 35.2 Å². The van der Waals surface area contributed by atoms with Crippen LogP contribution in [0.3, 0.4) is 0 Å². The number of hydrogen-bond donors (Lipinski definition) is 3. The van der Waals surface area contributed by atoms with Gasteiger partial charge in [-0.15, -0.1) is 0 Å². The van der Waals surface area contributed by atoms with E-state index in [-0.39, 0.29) is 16.4 Å². The Kier molecular flexibility index (Phi) is 6.38. The summed E-state index contributed by atoms with van der Waals surface area (Å²) >= 11 is 5.09. The van der Waals surface area contributed by atoms with Crippen molar-refractivity contribution in [2.24, 2.45) is 0 Å². The topological polar surface area (TPSA) is 99.5 Å². The second-order valence-electron chi connectivity index (χ2n) is 6.41. The zero-order valence-corrected chi connectivity index (χ0v) is 16.0. The summed E-state index contributed by atoms with van der Waals surface area (Å²) in [5.74, 6) is -0.513. The first-order chi connectivity index (χ1) is 13.5. The highest BCUT2D eigenvalue weighted by molar-refractivity contribution is 7.80. The van der Waals surface area contributed by atoms with Gasteiger partial charge in [-0.2, -0.15) is 0 Å². The lowest BCUT2D eigenvalue weighted by Crippen LogP contribution is -2.42. The first kappa shape index (κ1) is 19.6. The number of nitrogens with zero attached hydrogens (tertiary/aromatic N) is 2. The number of nitro groups is 1. The molecule has 0 saturated carbocycles. The molecule has 1 aliphatic heterocycles. The first-order valence-electron chi connectivity index (χ1n) is 9.00. The van der Waals surface area contributed by atoms with Crippen LogP contribution in [0.4, 0.5) is 17.1 Å². The minimum Gasteiger partial charge on any atom is -0.366 e. The Morgan fingerprint density at radius 2 is 1.79 bits per heavy atom. The molecular formula is C19H21N5O3S. The Morgan fingerprint density at radius 3 is 2.46 bits per heavy atom. The summed E-state index contributed by atoms with van der Waals surface area (Å²) in [6.07, 6.45) is 3.15. The van der Waals surface area contributed by atoms with Gasteiger partial charge in [0.1, 0.15) is 5.69 Å². The van der Waals surface area contributed by atoms with Crippen LogP contribution in [-0.2, 0) is 0 Å². The van der Waals surface area contributed by atoms with Crippen LogP contribution in [0.2, 0.25) is 0 Å². The number of anilines is 2. The number of thiocarbonyl (C=S) groups is 1. The fourth-order valence-corrected chi connectivity index (χ4v) is 3.21. The van der Waals surface area contributed by atoms with Gasteiger partial charge in [0.15, 0.2) is 5.11 Å². The number of para-hydroxylation sites is 1. The van der Waals surface area contributed by atoms with E-state index in [1.54, 1.807) is 12.1 Å². The maximum atomic E-state index is 12.4. The summed E-state index contributed by atoms with van der Waals surface area (Å²) in [7, 11) is 0. The van der Waals surface area contributed by atoms with Crippen LogP contribution in [0.25, 0.3) is 0 Å². The Labute approximate surface area is 168 Å². The molecule has 1 saturated heterocycles. The van der Waals surface area contributed by atoms with Gasteiger partial charge in [0, 0.05) is 24.7 Å². The summed E-state index contributed by atoms with van der Waals surface area (Å²) in [4.78, 5) is 25.5. The molecule has 2 aromatic carbocycles. The van der Waals surface area contributed by atoms with Crippen molar-refractivity contribution in [3.63, 3.8) is 0 Å². The molecule has 2 aromatic rings. The van der Waals surface area contributed by atoms with Gasteiger partial charge in [-0.3, -0.25) is 31.1 Å². The number of carbonyl (C=O) groups is 1. The summed E-state index contributed by atoms with van der Waals surface area (Å²) in [5.41, 5.74) is 7.00. The highest BCUT2D eigenvalue weighted by atomic mass is 32.1. The minimum atomic E-state index is -0.513. The van der Waals surface area contributed by atoms with Gasteiger partial charge in [-0.05, 0) is 55.7 Å².